The summed E-state index contributed by atoms with van der Waals surface area (Å²) in [5.74, 6) is 0.981. The van der Waals surface area contributed by atoms with Crippen LogP contribution in [0.1, 0.15) is 38.3 Å². The normalized spacial score (nSPS) is 19.0. The molecule has 1 unspecified atom stereocenters. The maximum absolute atomic E-state index is 13.3. The topological polar surface area (TPSA) is 150 Å². The lowest BCUT2D eigenvalue weighted by Crippen LogP contribution is -2.45. The van der Waals surface area contributed by atoms with Gasteiger partial charge in [0.25, 0.3) is 5.56 Å². The van der Waals surface area contributed by atoms with E-state index in [1.54, 1.807) is 25.5 Å². The predicted octanol–water partition coefficient (Wildman–Crippen LogP) is 3.13. The molecule has 1 fully saturated rings. The third kappa shape index (κ3) is 4.90. The molecule has 0 saturated carbocycles. The molecule has 0 aliphatic carbocycles. The molecule has 1 aromatic carbocycles. The van der Waals surface area contributed by atoms with Crippen molar-refractivity contribution in [1.82, 2.24) is 24.9 Å². The molecule has 0 bridgehead atoms. The summed E-state index contributed by atoms with van der Waals surface area (Å²) in [4.78, 5) is 39.2. The monoisotopic (exact) mass is 501 g/mol. The molecule has 37 heavy (non-hydrogen) atoms. The summed E-state index contributed by atoms with van der Waals surface area (Å²) in [6.07, 6.45) is 5.15. The van der Waals surface area contributed by atoms with E-state index in [-0.39, 0.29) is 23.8 Å². The van der Waals surface area contributed by atoms with Gasteiger partial charge in [-0.25, -0.2) is 15.0 Å². The summed E-state index contributed by atoms with van der Waals surface area (Å²) in [5.41, 5.74) is 10.3. The van der Waals surface area contributed by atoms with Gasteiger partial charge in [-0.1, -0.05) is 0 Å². The van der Waals surface area contributed by atoms with Gasteiger partial charge in [0.1, 0.15) is 17.2 Å². The average Bonchev–Trinajstić information content (AvgIpc) is 3.29. The Balaban J connectivity index is 1.58. The summed E-state index contributed by atoms with van der Waals surface area (Å²) in [7, 11) is 1.62. The molecule has 3 atom stereocenters. The Morgan fingerprint density at radius 2 is 1.95 bits per heavy atom. The van der Waals surface area contributed by atoms with Gasteiger partial charge < -0.3 is 30.7 Å². The second-order valence-corrected chi connectivity index (χ2v) is 9.34. The van der Waals surface area contributed by atoms with E-state index in [2.05, 4.69) is 55.1 Å². The highest BCUT2D eigenvalue weighted by Crippen LogP contribution is 2.34. The highest BCUT2D eigenvalue weighted by atomic mass is 16.5. The minimum absolute atomic E-state index is 0.146. The molecule has 3 aromatic heterocycles. The number of hydrogen-bond donors (Lipinski definition) is 4. The van der Waals surface area contributed by atoms with Crippen molar-refractivity contribution in [2.75, 3.05) is 36.1 Å². The Labute approximate surface area is 214 Å². The SMILES string of the molecule is CN=Cc1[nH]c(=O)c(-c2nc3ccc(N4C[C@@H](C)O[C@@H](C)C4)cc3[nH]2)c(NC(C)c2ncccn2)c1N. The molecular weight excluding hydrogens is 470 g/mol. The number of nitrogens with one attached hydrogen (secondary N) is 3. The van der Waals surface area contributed by atoms with E-state index in [4.69, 9.17) is 15.5 Å². The van der Waals surface area contributed by atoms with E-state index in [1.807, 2.05) is 19.1 Å². The number of nitrogens with zero attached hydrogens (tertiary/aromatic N) is 5. The van der Waals surface area contributed by atoms with Crippen molar-refractivity contribution in [3.63, 3.8) is 0 Å². The van der Waals surface area contributed by atoms with Gasteiger partial charge in [-0.3, -0.25) is 9.79 Å². The molecule has 11 nitrogen and oxygen atoms in total. The van der Waals surface area contributed by atoms with Gasteiger partial charge in [-0.05, 0) is 45.0 Å². The van der Waals surface area contributed by atoms with Crippen LogP contribution in [0.25, 0.3) is 22.4 Å². The Bertz CT molecular complexity index is 1490. The number of benzene rings is 1. The number of aliphatic imine (C=N–C) groups is 1. The Morgan fingerprint density at radius 1 is 1.22 bits per heavy atom. The van der Waals surface area contributed by atoms with Gasteiger partial charge in [-0.15, -0.1) is 0 Å². The van der Waals surface area contributed by atoms with Gasteiger partial charge in [0, 0.05) is 44.4 Å². The van der Waals surface area contributed by atoms with Crippen molar-refractivity contribution >= 4 is 34.3 Å². The zero-order valence-corrected chi connectivity index (χ0v) is 21.3. The Kier molecular flexibility index (Phi) is 6.62. The van der Waals surface area contributed by atoms with Crippen molar-refractivity contribution < 1.29 is 4.74 Å². The Hall–Kier alpha value is -4.25. The standard InChI is InChI=1S/C26H31N9O2/c1-14-12-35(13-15(2)37-14)17-6-7-18-19(10-17)33-25(32-18)21-23(22(27)20(11-28-4)34-26(21)36)31-16(3)24-29-8-5-9-30-24/h5-11,14-16H,12-13,27H2,1-4H3,(H,32,33)(H2,31,34,36)/t14-,15+,16?. The number of morpholine rings is 1. The Morgan fingerprint density at radius 3 is 2.65 bits per heavy atom. The average molecular weight is 502 g/mol. The third-order valence-corrected chi connectivity index (χ3v) is 6.36. The van der Waals surface area contributed by atoms with Crippen molar-refractivity contribution in [2.24, 2.45) is 4.99 Å². The zero-order valence-electron chi connectivity index (χ0n) is 21.3. The lowest BCUT2D eigenvalue weighted by Gasteiger charge is -2.36. The van der Waals surface area contributed by atoms with Crippen LogP contribution in [-0.4, -0.2) is 63.5 Å². The summed E-state index contributed by atoms with van der Waals surface area (Å²) < 4.78 is 5.88. The van der Waals surface area contributed by atoms with Crippen LogP contribution in [0.5, 0.6) is 0 Å². The predicted molar refractivity (Wildman–Crippen MR) is 146 cm³/mol. The van der Waals surface area contributed by atoms with Crippen LogP contribution in [-0.2, 0) is 4.74 Å². The number of fused-ring (bicyclic) bond motifs is 1. The fraction of sp³-hybridized carbons (Fsp3) is 0.346. The highest BCUT2D eigenvalue weighted by Gasteiger charge is 2.24. The largest absolute Gasteiger partial charge is 0.395 e. The number of anilines is 3. The number of rotatable bonds is 6. The molecule has 0 spiro atoms. The minimum atomic E-state index is -0.345. The van der Waals surface area contributed by atoms with Gasteiger partial charge in [-0.2, -0.15) is 0 Å². The molecule has 0 amide bonds. The number of ether oxygens (including phenoxy) is 1. The number of aromatic amines is 2. The molecule has 1 aliphatic rings. The molecular formula is C26H31N9O2. The second-order valence-electron chi connectivity index (χ2n) is 9.34. The zero-order chi connectivity index (χ0) is 26.1. The number of hydrogen-bond acceptors (Lipinski definition) is 9. The summed E-state index contributed by atoms with van der Waals surface area (Å²) >= 11 is 0. The lowest BCUT2D eigenvalue weighted by molar-refractivity contribution is -0.00521. The highest BCUT2D eigenvalue weighted by molar-refractivity contribution is 5.95. The number of nitrogens with two attached hydrogens (primary N) is 1. The number of pyridine rings is 1. The van der Waals surface area contributed by atoms with E-state index in [0.717, 1.165) is 29.8 Å². The molecule has 1 saturated heterocycles. The minimum Gasteiger partial charge on any atom is -0.395 e. The van der Waals surface area contributed by atoms with Crippen LogP contribution < -0.4 is 21.5 Å². The molecule has 192 valence electrons. The van der Waals surface area contributed by atoms with Crippen molar-refractivity contribution in [3.05, 3.63) is 58.5 Å². The van der Waals surface area contributed by atoms with Gasteiger partial charge in [0.2, 0.25) is 0 Å². The number of imidazole rings is 1. The maximum atomic E-state index is 13.3. The van der Waals surface area contributed by atoms with E-state index < -0.39 is 0 Å². The van der Waals surface area contributed by atoms with Crippen molar-refractivity contribution in [2.45, 2.75) is 39.0 Å². The van der Waals surface area contributed by atoms with Gasteiger partial charge in [0.05, 0.1) is 46.4 Å². The van der Waals surface area contributed by atoms with Crippen molar-refractivity contribution in [1.29, 1.82) is 0 Å². The second kappa shape index (κ2) is 10.0. The molecule has 5 N–H and O–H groups in total. The molecule has 4 aromatic rings. The molecule has 4 heterocycles. The number of nitrogen functional groups attached to an aromatic ring is 1. The number of aromatic nitrogens is 5. The first kappa shape index (κ1) is 24.4. The summed E-state index contributed by atoms with van der Waals surface area (Å²) in [5, 5.41) is 3.34. The molecule has 11 heteroatoms. The molecule has 5 rings (SSSR count). The number of H-pyrrole nitrogens is 2. The van der Waals surface area contributed by atoms with E-state index in [1.165, 1.54) is 6.21 Å². The first-order valence-electron chi connectivity index (χ1n) is 12.3. The quantitative estimate of drug-likeness (QED) is 0.294. The van der Waals surface area contributed by atoms with Crippen molar-refractivity contribution in [3.8, 4) is 11.4 Å². The summed E-state index contributed by atoms with van der Waals surface area (Å²) in [6, 6.07) is 7.49. The first-order chi connectivity index (χ1) is 17.8. The van der Waals surface area contributed by atoms with Crippen LogP contribution >= 0.6 is 0 Å². The van der Waals surface area contributed by atoms with Crippen LogP contribution in [0.3, 0.4) is 0 Å². The fourth-order valence-corrected chi connectivity index (χ4v) is 4.76. The smallest absolute Gasteiger partial charge is 0.261 e. The first-order valence-corrected chi connectivity index (χ1v) is 12.3. The van der Waals surface area contributed by atoms with Crippen LogP contribution in [0.2, 0.25) is 0 Å². The molecule has 1 aliphatic heterocycles. The van der Waals surface area contributed by atoms with E-state index in [9.17, 15) is 4.79 Å². The fourth-order valence-electron chi connectivity index (χ4n) is 4.76. The molecule has 0 radical (unpaired) electrons. The van der Waals surface area contributed by atoms with Crippen LogP contribution in [0.4, 0.5) is 17.1 Å². The van der Waals surface area contributed by atoms with Crippen LogP contribution in [0, 0.1) is 0 Å². The third-order valence-electron chi connectivity index (χ3n) is 6.36. The lowest BCUT2D eigenvalue weighted by atomic mass is 10.1. The summed E-state index contributed by atoms with van der Waals surface area (Å²) in [6.45, 7) is 7.68. The maximum Gasteiger partial charge on any atom is 0.261 e. The van der Waals surface area contributed by atoms with Gasteiger partial charge >= 0.3 is 0 Å². The van der Waals surface area contributed by atoms with Gasteiger partial charge in [0.15, 0.2) is 0 Å². The van der Waals surface area contributed by atoms with E-state index >= 15 is 0 Å². The van der Waals surface area contributed by atoms with Crippen LogP contribution in [0.15, 0.2) is 46.4 Å². The van der Waals surface area contributed by atoms with E-state index in [0.29, 0.717) is 34.3 Å².